The molecule has 27 heavy (non-hydrogen) atoms. The van der Waals surface area contributed by atoms with Gasteiger partial charge in [0.05, 0.1) is 5.92 Å². The van der Waals surface area contributed by atoms with Crippen molar-refractivity contribution in [2.24, 2.45) is 5.92 Å². The van der Waals surface area contributed by atoms with Gasteiger partial charge in [-0.3, -0.25) is 9.69 Å². The SMILES string of the molecule is C=CCOc1ccc(NC(=O)[C@@H]2CCCN(Cc3ccc(F)cc3)C2)cc1. The van der Waals surface area contributed by atoms with E-state index in [1.54, 1.807) is 18.2 Å². The van der Waals surface area contributed by atoms with Crippen LogP contribution < -0.4 is 10.1 Å². The number of rotatable bonds is 7. The summed E-state index contributed by atoms with van der Waals surface area (Å²) < 4.78 is 18.5. The average Bonchev–Trinajstić information content (AvgIpc) is 2.69. The minimum absolute atomic E-state index is 0.0403. The van der Waals surface area contributed by atoms with Gasteiger partial charge in [0.25, 0.3) is 0 Å². The lowest BCUT2D eigenvalue weighted by atomic mass is 9.96. The summed E-state index contributed by atoms with van der Waals surface area (Å²) in [6, 6.07) is 13.9. The van der Waals surface area contributed by atoms with Gasteiger partial charge in [0, 0.05) is 18.8 Å². The maximum absolute atomic E-state index is 13.0. The van der Waals surface area contributed by atoms with E-state index in [0.29, 0.717) is 13.2 Å². The third-order valence-electron chi connectivity index (χ3n) is 4.69. The number of hydrogen-bond acceptors (Lipinski definition) is 3. The molecule has 1 heterocycles. The number of ether oxygens (including phenoxy) is 1. The van der Waals surface area contributed by atoms with E-state index in [0.717, 1.165) is 42.9 Å². The Morgan fingerprint density at radius 1 is 1.22 bits per heavy atom. The Kier molecular flexibility index (Phi) is 6.60. The van der Waals surface area contributed by atoms with Crippen molar-refractivity contribution in [2.75, 3.05) is 25.0 Å². The summed E-state index contributed by atoms with van der Waals surface area (Å²) in [6.45, 7) is 6.48. The minimum Gasteiger partial charge on any atom is -0.490 e. The van der Waals surface area contributed by atoms with Gasteiger partial charge in [0.15, 0.2) is 0 Å². The molecule has 0 radical (unpaired) electrons. The van der Waals surface area contributed by atoms with Gasteiger partial charge < -0.3 is 10.1 Å². The minimum atomic E-state index is -0.226. The van der Waals surface area contributed by atoms with E-state index in [-0.39, 0.29) is 17.6 Å². The fourth-order valence-corrected chi connectivity index (χ4v) is 3.30. The molecular formula is C22H25FN2O2. The van der Waals surface area contributed by atoms with Crippen LogP contribution >= 0.6 is 0 Å². The van der Waals surface area contributed by atoms with Crippen LogP contribution in [0.4, 0.5) is 10.1 Å². The molecule has 2 aromatic rings. The van der Waals surface area contributed by atoms with Crippen molar-refractivity contribution in [3.8, 4) is 5.75 Å². The molecule has 1 aliphatic rings. The summed E-state index contributed by atoms with van der Waals surface area (Å²) in [5.74, 6) is 0.515. The number of carbonyl (C=O) groups excluding carboxylic acids is 1. The van der Waals surface area contributed by atoms with Gasteiger partial charge >= 0.3 is 0 Å². The monoisotopic (exact) mass is 368 g/mol. The van der Waals surface area contributed by atoms with Crippen LogP contribution in [0, 0.1) is 11.7 Å². The maximum Gasteiger partial charge on any atom is 0.228 e. The Hall–Kier alpha value is -2.66. The number of piperidine rings is 1. The quantitative estimate of drug-likeness (QED) is 0.743. The summed E-state index contributed by atoms with van der Waals surface area (Å²) >= 11 is 0. The second-order valence-electron chi connectivity index (χ2n) is 6.81. The van der Waals surface area contributed by atoms with E-state index in [9.17, 15) is 9.18 Å². The number of nitrogens with zero attached hydrogens (tertiary/aromatic N) is 1. The van der Waals surface area contributed by atoms with Gasteiger partial charge in [0.2, 0.25) is 5.91 Å². The van der Waals surface area contributed by atoms with E-state index >= 15 is 0 Å². The molecule has 1 aliphatic heterocycles. The molecule has 1 amide bonds. The van der Waals surface area contributed by atoms with Gasteiger partial charge in [-0.2, -0.15) is 0 Å². The number of anilines is 1. The number of nitrogens with one attached hydrogen (secondary N) is 1. The molecule has 5 heteroatoms. The second-order valence-corrected chi connectivity index (χ2v) is 6.81. The fraction of sp³-hybridized carbons (Fsp3) is 0.318. The summed E-state index contributed by atoms with van der Waals surface area (Å²) in [5.41, 5.74) is 1.83. The molecule has 0 aliphatic carbocycles. The highest BCUT2D eigenvalue weighted by Gasteiger charge is 2.25. The number of amides is 1. The van der Waals surface area contributed by atoms with Crippen molar-refractivity contribution in [3.05, 3.63) is 72.6 Å². The van der Waals surface area contributed by atoms with Crippen molar-refractivity contribution >= 4 is 11.6 Å². The first-order valence-corrected chi connectivity index (χ1v) is 9.25. The molecular weight excluding hydrogens is 343 g/mol. The molecule has 0 aromatic heterocycles. The molecule has 3 rings (SSSR count). The van der Waals surface area contributed by atoms with E-state index < -0.39 is 0 Å². The van der Waals surface area contributed by atoms with E-state index in [4.69, 9.17) is 4.74 Å². The van der Waals surface area contributed by atoms with Crippen LogP contribution in [0.1, 0.15) is 18.4 Å². The number of hydrogen-bond donors (Lipinski definition) is 1. The molecule has 2 aromatic carbocycles. The summed E-state index contributed by atoms with van der Waals surface area (Å²) in [7, 11) is 0. The molecule has 1 saturated heterocycles. The van der Waals surface area contributed by atoms with Crippen molar-refractivity contribution in [2.45, 2.75) is 19.4 Å². The Morgan fingerprint density at radius 2 is 1.96 bits per heavy atom. The molecule has 142 valence electrons. The zero-order valence-electron chi connectivity index (χ0n) is 15.4. The van der Waals surface area contributed by atoms with E-state index in [2.05, 4.69) is 16.8 Å². The van der Waals surface area contributed by atoms with Crippen LogP contribution in [0.3, 0.4) is 0 Å². The number of halogens is 1. The van der Waals surface area contributed by atoms with Crippen LogP contribution in [0.25, 0.3) is 0 Å². The largest absolute Gasteiger partial charge is 0.490 e. The maximum atomic E-state index is 13.0. The predicted octanol–water partition coefficient (Wildman–Crippen LogP) is 4.24. The van der Waals surface area contributed by atoms with Crippen LogP contribution in [-0.4, -0.2) is 30.5 Å². The molecule has 1 atom stereocenters. The van der Waals surface area contributed by atoms with Crippen molar-refractivity contribution in [1.29, 1.82) is 0 Å². The second kappa shape index (κ2) is 9.33. The Balaban J connectivity index is 1.53. The summed E-state index contributed by atoms with van der Waals surface area (Å²) in [5, 5.41) is 3.00. The first-order valence-electron chi connectivity index (χ1n) is 9.25. The summed E-state index contributed by atoms with van der Waals surface area (Å²) in [4.78, 5) is 14.9. The number of likely N-dealkylation sites (tertiary alicyclic amines) is 1. The lowest BCUT2D eigenvalue weighted by Gasteiger charge is -2.32. The topological polar surface area (TPSA) is 41.6 Å². The number of benzene rings is 2. The van der Waals surface area contributed by atoms with Gasteiger partial charge in [0.1, 0.15) is 18.2 Å². The summed E-state index contributed by atoms with van der Waals surface area (Å²) in [6.07, 6.45) is 3.55. The molecule has 1 fully saturated rings. The molecule has 0 saturated carbocycles. The van der Waals surface area contributed by atoms with E-state index in [1.807, 2.05) is 24.3 Å². The normalized spacial score (nSPS) is 17.3. The smallest absolute Gasteiger partial charge is 0.228 e. The third kappa shape index (κ3) is 5.66. The zero-order chi connectivity index (χ0) is 19.1. The highest BCUT2D eigenvalue weighted by atomic mass is 19.1. The predicted molar refractivity (Wildman–Crippen MR) is 105 cm³/mol. The first-order chi connectivity index (χ1) is 13.1. The molecule has 0 bridgehead atoms. The van der Waals surface area contributed by atoms with E-state index in [1.165, 1.54) is 12.1 Å². The van der Waals surface area contributed by atoms with Crippen molar-refractivity contribution < 1.29 is 13.9 Å². The zero-order valence-corrected chi connectivity index (χ0v) is 15.4. The fourth-order valence-electron chi connectivity index (χ4n) is 3.30. The van der Waals surface area contributed by atoms with Crippen molar-refractivity contribution in [1.82, 2.24) is 4.90 Å². The average molecular weight is 368 g/mol. The molecule has 0 spiro atoms. The number of carbonyl (C=O) groups is 1. The van der Waals surface area contributed by atoms with Gasteiger partial charge in [-0.25, -0.2) is 4.39 Å². The highest BCUT2D eigenvalue weighted by molar-refractivity contribution is 5.92. The Morgan fingerprint density at radius 3 is 2.67 bits per heavy atom. The van der Waals surface area contributed by atoms with Crippen molar-refractivity contribution in [3.63, 3.8) is 0 Å². The molecule has 1 N–H and O–H groups in total. The van der Waals surface area contributed by atoms with Gasteiger partial charge in [-0.05, 0) is 61.3 Å². The lowest BCUT2D eigenvalue weighted by molar-refractivity contribution is -0.121. The van der Waals surface area contributed by atoms with Gasteiger partial charge in [-0.15, -0.1) is 0 Å². The first kappa shape index (κ1) is 19.1. The van der Waals surface area contributed by atoms with Crippen LogP contribution in [0.5, 0.6) is 5.75 Å². The standard InChI is InChI=1S/C22H25FN2O2/c1-2-14-27-21-11-9-20(10-12-21)24-22(26)18-4-3-13-25(16-18)15-17-5-7-19(23)8-6-17/h2,5-12,18H,1,3-4,13-16H2,(H,24,26)/t18-/m1/s1. The third-order valence-corrected chi connectivity index (χ3v) is 4.69. The Bertz CT molecular complexity index is 759. The lowest BCUT2D eigenvalue weighted by Crippen LogP contribution is -2.40. The van der Waals surface area contributed by atoms with Crippen LogP contribution in [0.2, 0.25) is 0 Å². The van der Waals surface area contributed by atoms with Gasteiger partial charge in [-0.1, -0.05) is 24.8 Å². The van der Waals surface area contributed by atoms with Crippen LogP contribution in [-0.2, 0) is 11.3 Å². The Labute approximate surface area is 159 Å². The molecule has 4 nitrogen and oxygen atoms in total. The van der Waals surface area contributed by atoms with Crippen LogP contribution in [0.15, 0.2) is 61.2 Å². The molecule has 0 unspecified atom stereocenters. The highest BCUT2D eigenvalue weighted by Crippen LogP contribution is 2.22.